The number of carbonyl (C=O) groups is 1. The van der Waals surface area contributed by atoms with Crippen LogP contribution in [-0.2, 0) is 24.3 Å². The van der Waals surface area contributed by atoms with Gasteiger partial charge >= 0.3 is 5.97 Å². The van der Waals surface area contributed by atoms with Crippen molar-refractivity contribution >= 4 is 17.0 Å². The summed E-state index contributed by atoms with van der Waals surface area (Å²) in [6.45, 7) is 0.230. The predicted octanol–water partition coefficient (Wildman–Crippen LogP) is 6.04. The lowest BCUT2D eigenvalue weighted by Crippen LogP contribution is -2.10. The van der Waals surface area contributed by atoms with Crippen molar-refractivity contribution in [3.05, 3.63) is 112 Å². The number of ether oxygens (including phenoxy) is 2. The summed E-state index contributed by atoms with van der Waals surface area (Å²) in [6, 6.07) is 14.1. The van der Waals surface area contributed by atoms with Crippen LogP contribution in [0.5, 0.6) is 5.88 Å². The molecule has 0 aliphatic rings. The molecule has 3 aromatic carbocycles. The average molecular weight is 591 g/mol. The number of halogens is 4. The number of fused-ring (bicyclic) bond motifs is 1. The fraction of sp³-hybridized carbons (Fsp3) is 0.161. The number of pyridine rings is 1. The number of nitrogens with zero attached hydrogens (tertiary/aromatic N) is 4. The first kappa shape index (κ1) is 29.2. The number of hydrogen-bond donors (Lipinski definition) is 1. The van der Waals surface area contributed by atoms with Gasteiger partial charge in [0.2, 0.25) is 5.88 Å². The highest BCUT2D eigenvalue weighted by Gasteiger charge is 2.21. The van der Waals surface area contributed by atoms with Crippen LogP contribution in [0.4, 0.5) is 17.6 Å². The Morgan fingerprint density at radius 1 is 0.953 bits per heavy atom. The third-order valence-corrected chi connectivity index (χ3v) is 6.73. The second kappa shape index (κ2) is 12.3. The Hall–Kier alpha value is -5.28. The zero-order chi connectivity index (χ0) is 30.7. The van der Waals surface area contributed by atoms with Gasteiger partial charge in [0.05, 0.1) is 29.3 Å². The SMILES string of the molecule is COCCn1c(Cc2cc(F)c(-c3nc(OCc4ccc(C#N)cc4F)ccc3F)cc2F)nc2c(C(=O)O)cccc21. The maximum absolute atomic E-state index is 15.4. The molecule has 218 valence electrons. The number of aromatic carboxylic acids is 1. The van der Waals surface area contributed by atoms with E-state index >= 15 is 8.78 Å². The zero-order valence-corrected chi connectivity index (χ0v) is 22.6. The molecule has 2 aromatic heterocycles. The molecule has 0 radical (unpaired) electrons. The summed E-state index contributed by atoms with van der Waals surface area (Å²) in [6.07, 6.45) is -0.199. The van der Waals surface area contributed by atoms with Crippen molar-refractivity contribution in [3.63, 3.8) is 0 Å². The lowest BCUT2D eigenvalue weighted by atomic mass is 10.0. The van der Waals surface area contributed by atoms with Crippen LogP contribution in [-0.4, -0.2) is 39.3 Å². The Morgan fingerprint density at radius 2 is 1.74 bits per heavy atom. The number of carboxylic acids is 1. The normalized spacial score (nSPS) is 11.1. The van der Waals surface area contributed by atoms with Gasteiger partial charge in [0, 0.05) is 37.3 Å². The summed E-state index contributed by atoms with van der Waals surface area (Å²) in [5, 5.41) is 18.5. The van der Waals surface area contributed by atoms with Gasteiger partial charge in [-0.25, -0.2) is 32.3 Å². The summed E-state index contributed by atoms with van der Waals surface area (Å²) < 4.78 is 72.0. The van der Waals surface area contributed by atoms with E-state index in [2.05, 4.69) is 9.97 Å². The first-order valence-electron chi connectivity index (χ1n) is 12.9. The largest absolute Gasteiger partial charge is 0.478 e. The molecule has 2 heterocycles. The van der Waals surface area contributed by atoms with Crippen LogP contribution in [0.25, 0.3) is 22.3 Å². The lowest BCUT2D eigenvalue weighted by molar-refractivity contribution is 0.0699. The van der Waals surface area contributed by atoms with Crippen molar-refractivity contribution in [2.24, 2.45) is 0 Å². The molecule has 0 aliphatic carbocycles. The van der Waals surface area contributed by atoms with E-state index in [0.29, 0.717) is 5.52 Å². The van der Waals surface area contributed by atoms with Crippen molar-refractivity contribution in [1.29, 1.82) is 5.26 Å². The van der Waals surface area contributed by atoms with Gasteiger partial charge in [-0.1, -0.05) is 12.1 Å². The van der Waals surface area contributed by atoms with Crippen molar-refractivity contribution in [2.75, 3.05) is 13.7 Å². The van der Waals surface area contributed by atoms with E-state index in [9.17, 15) is 18.7 Å². The van der Waals surface area contributed by atoms with Gasteiger partial charge in [0.25, 0.3) is 0 Å². The molecular weight excluding hydrogens is 568 g/mol. The molecule has 0 spiro atoms. The molecule has 8 nitrogen and oxygen atoms in total. The number of para-hydroxylation sites is 1. The van der Waals surface area contributed by atoms with Gasteiger partial charge in [0.1, 0.15) is 46.9 Å². The van der Waals surface area contributed by atoms with Crippen LogP contribution < -0.4 is 4.74 Å². The highest BCUT2D eigenvalue weighted by atomic mass is 19.1. The molecule has 5 rings (SSSR count). The molecule has 0 atom stereocenters. The molecule has 5 aromatic rings. The van der Waals surface area contributed by atoms with Crippen LogP contribution in [0.1, 0.15) is 32.9 Å². The Bertz CT molecular complexity index is 1900. The Labute approximate surface area is 242 Å². The minimum Gasteiger partial charge on any atom is -0.478 e. The first-order valence-corrected chi connectivity index (χ1v) is 12.9. The monoisotopic (exact) mass is 590 g/mol. The van der Waals surface area contributed by atoms with Gasteiger partial charge < -0.3 is 19.1 Å². The number of aromatic nitrogens is 3. The Balaban J connectivity index is 1.45. The molecule has 0 saturated carbocycles. The minimum atomic E-state index is -1.18. The van der Waals surface area contributed by atoms with Crippen molar-refractivity contribution < 1.29 is 36.9 Å². The molecule has 12 heteroatoms. The molecule has 1 N–H and O–H groups in total. The van der Waals surface area contributed by atoms with E-state index in [4.69, 9.17) is 14.7 Å². The first-order chi connectivity index (χ1) is 20.7. The Morgan fingerprint density at radius 3 is 2.47 bits per heavy atom. The van der Waals surface area contributed by atoms with Crippen molar-refractivity contribution in [2.45, 2.75) is 19.6 Å². The summed E-state index contributed by atoms with van der Waals surface area (Å²) in [4.78, 5) is 20.1. The van der Waals surface area contributed by atoms with Crippen LogP contribution in [0.15, 0.2) is 60.7 Å². The lowest BCUT2D eigenvalue weighted by Gasteiger charge is -2.12. The number of rotatable bonds is 10. The van der Waals surface area contributed by atoms with E-state index in [0.717, 1.165) is 24.3 Å². The summed E-state index contributed by atoms with van der Waals surface area (Å²) >= 11 is 0. The second-order valence-corrected chi connectivity index (χ2v) is 9.44. The van der Waals surface area contributed by atoms with E-state index in [1.807, 2.05) is 6.07 Å². The maximum Gasteiger partial charge on any atom is 0.337 e. The summed E-state index contributed by atoms with van der Waals surface area (Å²) in [5.74, 6) is -4.52. The number of methoxy groups -OCH3 is 1. The molecule has 0 aliphatic heterocycles. The standard InChI is InChI=1S/C31H22F4N4O4/c1-42-10-9-39-26-4-2-3-20(31(40)41)30(26)37-27(39)13-19-12-25(35)21(14-24(19)34)29-22(32)7-8-28(38-29)43-16-18-6-5-17(15-36)11-23(18)33/h2-8,11-12,14H,9-10,13,16H2,1H3,(H,40,41). The highest BCUT2D eigenvalue weighted by Crippen LogP contribution is 2.30. The van der Waals surface area contributed by atoms with Crippen LogP contribution in [0.2, 0.25) is 0 Å². The predicted molar refractivity (Wildman–Crippen MR) is 146 cm³/mol. The van der Waals surface area contributed by atoms with Gasteiger partial charge in [-0.15, -0.1) is 0 Å². The van der Waals surface area contributed by atoms with E-state index in [-0.39, 0.29) is 65.7 Å². The molecule has 0 bridgehead atoms. The van der Waals surface area contributed by atoms with Crippen LogP contribution in [0.3, 0.4) is 0 Å². The summed E-state index contributed by atoms with van der Waals surface area (Å²) in [7, 11) is 1.49. The zero-order valence-electron chi connectivity index (χ0n) is 22.6. The number of hydrogen-bond acceptors (Lipinski definition) is 6. The van der Waals surface area contributed by atoms with Gasteiger partial charge in [0.15, 0.2) is 0 Å². The number of nitriles is 1. The number of benzene rings is 3. The second-order valence-electron chi connectivity index (χ2n) is 9.44. The van der Waals surface area contributed by atoms with E-state index in [1.165, 1.54) is 31.4 Å². The maximum atomic E-state index is 15.4. The van der Waals surface area contributed by atoms with Crippen LogP contribution >= 0.6 is 0 Å². The molecule has 43 heavy (non-hydrogen) atoms. The van der Waals surface area contributed by atoms with Crippen LogP contribution in [0, 0.1) is 34.6 Å². The third-order valence-electron chi connectivity index (χ3n) is 6.73. The van der Waals surface area contributed by atoms with E-state index < -0.39 is 40.5 Å². The molecule has 0 unspecified atom stereocenters. The molecular formula is C31H22F4N4O4. The Kier molecular flexibility index (Phi) is 8.36. The average Bonchev–Trinajstić information content (AvgIpc) is 3.34. The fourth-order valence-electron chi connectivity index (χ4n) is 4.59. The number of carboxylic acid groups (broad SMARTS) is 1. The molecule has 0 amide bonds. The smallest absolute Gasteiger partial charge is 0.337 e. The van der Waals surface area contributed by atoms with Gasteiger partial charge in [-0.2, -0.15) is 5.26 Å². The van der Waals surface area contributed by atoms with Gasteiger partial charge in [-0.05, 0) is 48.0 Å². The molecule has 0 saturated heterocycles. The van der Waals surface area contributed by atoms with Crippen molar-refractivity contribution in [1.82, 2.24) is 14.5 Å². The highest BCUT2D eigenvalue weighted by molar-refractivity contribution is 6.01. The topological polar surface area (TPSA) is 110 Å². The molecule has 0 fully saturated rings. The quantitative estimate of drug-likeness (QED) is 0.198. The van der Waals surface area contributed by atoms with E-state index in [1.54, 1.807) is 16.7 Å². The number of imidazole rings is 1. The van der Waals surface area contributed by atoms with Gasteiger partial charge in [-0.3, -0.25) is 0 Å². The minimum absolute atomic E-state index is 0.0394. The third kappa shape index (κ3) is 6.02. The summed E-state index contributed by atoms with van der Waals surface area (Å²) in [5.41, 5.74) is -0.189. The van der Waals surface area contributed by atoms with Crippen molar-refractivity contribution in [3.8, 4) is 23.2 Å². The fourth-order valence-corrected chi connectivity index (χ4v) is 4.59.